The number of fused-ring (bicyclic) bond motifs is 1. The fourth-order valence-electron chi connectivity index (χ4n) is 1.56. The van der Waals surface area contributed by atoms with Gasteiger partial charge >= 0.3 is 5.69 Å². The van der Waals surface area contributed by atoms with Crippen LogP contribution in [0.1, 0.15) is 19.3 Å². The maximum absolute atomic E-state index is 11.8. The van der Waals surface area contributed by atoms with Gasteiger partial charge in [-0.1, -0.05) is 22.4 Å². The number of halogens is 1. The molecule has 6 heteroatoms. The number of aromatic nitrogens is 4. The van der Waals surface area contributed by atoms with Crippen molar-refractivity contribution in [3.05, 3.63) is 29.1 Å². The summed E-state index contributed by atoms with van der Waals surface area (Å²) in [6, 6.07) is 0. The molecule has 0 aliphatic carbocycles. The monoisotopic (exact) mass is 284 g/mol. The van der Waals surface area contributed by atoms with Crippen LogP contribution in [0.2, 0.25) is 0 Å². The van der Waals surface area contributed by atoms with Crippen LogP contribution in [0.25, 0.3) is 5.65 Å². The summed E-state index contributed by atoms with van der Waals surface area (Å²) in [5.41, 5.74) is 0.518. The number of hydrogen-bond donors (Lipinski definition) is 0. The van der Waals surface area contributed by atoms with Gasteiger partial charge in [0.2, 0.25) is 0 Å². The lowest BCUT2D eigenvalue weighted by Gasteiger charge is -1.97. The summed E-state index contributed by atoms with van der Waals surface area (Å²) in [6.45, 7) is 0.674. The van der Waals surface area contributed by atoms with E-state index in [1.807, 2.05) is 0 Å². The lowest BCUT2D eigenvalue weighted by molar-refractivity contribution is 0.540. The summed E-state index contributed by atoms with van der Waals surface area (Å²) in [7, 11) is 0. The van der Waals surface area contributed by atoms with Crippen LogP contribution in [0.4, 0.5) is 0 Å². The minimum Gasteiger partial charge on any atom is -0.259 e. The van der Waals surface area contributed by atoms with Crippen LogP contribution >= 0.6 is 15.9 Å². The lowest BCUT2D eigenvalue weighted by atomic mass is 10.2. The van der Waals surface area contributed by atoms with Crippen molar-refractivity contribution >= 4 is 21.6 Å². The Morgan fingerprint density at radius 2 is 2.19 bits per heavy atom. The molecule has 86 valence electrons. The number of hydrogen-bond acceptors (Lipinski definition) is 3. The second kappa shape index (κ2) is 5.25. The SMILES string of the molecule is O=c1n(CCCCCBr)nc2cnccn12. The van der Waals surface area contributed by atoms with Gasteiger partial charge in [-0.25, -0.2) is 13.9 Å². The van der Waals surface area contributed by atoms with E-state index in [9.17, 15) is 4.79 Å². The number of nitrogens with zero attached hydrogens (tertiary/aromatic N) is 4. The smallest absolute Gasteiger partial charge is 0.259 e. The van der Waals surface area contributed by atoms with E-state index in [1.54, 1.807) is 18.6 Å². The summed E-state index contributed by atoms with van der Waals surface area (Å²) < 4.78 is 3.02. The fourth-order valence-corrected chi connectivity index (χ4v) is 1.95. The van der Waals surface area contributed by atoms with E-state index in [0.717, 1.165) is 24.6 Å². The first-order chi connectivity index (χ1) is 7.83. The maximum atomic E-state index is 11.8. The predicted octanol–water partition coefficient (Wildman–Crippen LogP) is 1.46. The molecule has 0 aromatic carbocycles. The Bertz CT molecular complexity index is 519. The molecule has 0 saturated heterocycles. The van der Waals surface area contributed by atoms with Crippen molar-refractivity contribution in [2.45, 2.75) is 25.8 Å². The molecule has 0 aliphatic rings. The number of rotatable bonds is 5. The quantitative estimate of drug-likeness (QED) is 0.617. The van der Waals surface area contributed by atoms with Crippen molar-refractivity contribution < 1.29 is 0 Å². The summed E-state index contributed by atoms with van der Waals surface area (Å²) in [4.78, 5) is 15.8. The largest absolute Gasteiger partial charge is 0.350 e. The van der Waals surface area contributed by atoms with Crippen LogP contribution in [0.3, 0.4) is 0 Å². The molecule has 5 nitrogen and oxygen atoms in total. The van der Waals surface area contributed by atoms with Crippen LogP contribution in [0, 0.1) is 0 Å². The highest BCUT2D eigenvalue weighted by Gasteiger charge is 2.04. The predicted molar refractivity (Wildman–Crippen MR) is 64.9 cm³/mol. The van der Waals surface area contributed by atoms with Gasteiger partial charge in [0.15, 0.2) is 5.65 Å². The van der Waals surface area contributed by atoms with Crippen LogP contribution in [0.5, 0.6) is 0 Å². The standard InChI is InChI=1S/C10H13BrN4O/c11-4-2-1-3-6-15-10(16)14-7-5-12-8-9(14)13-15/h5,7-8H,1-4,6H2. The van der Waals surface area contributed by atoms with Crippen LogP contribution in [-0.2, 0) is 6.54 Å². The Morgan fingerprint density at radius 1 is 1.31 bits per heavy atom. The molecule has 0 atom stereocenters. The Balaban J connectivity index is 2.13. The average Bonchev–Trinajstić information content (AvgIpc) is 2.63. The molecule has 0 spiro atoms. The van der Waals surface area contributed by atoms with E-state index in [0.29, 0.717) is 12.2 Å². The summed E-state index contributed by atoms with van der Waals surface area (Å²) >= 11 is 3.38. The first-order valence-electron chi connectivity index (χ1n) is 5.28. The Morgan fingerprint density at radius 3 is 2.94 bits per heavy atom. The molecule has 0 fully saturated rings. The lowest BCUT2D eigenvalue weighted by Crippen LogP contribution is -2.21. The van der Waals surface area contributed by atoms with Gasteiger partial charge < -0.3 is 0 Å². The molecule has 0 saturated carbocycles. The molecule has 0 amide bonds. The molecule has 0 aliphatic heterocycles. The molecule has 2 aromatic heterocycles. The zero-order chi connectivity index (χ0) is 11.4. The minimum absolute atomic E-state index is 0.0868. The van der Waals surface area contributed by atoms with Crippen molar-refractivity contribution in [2.24, 2.45) is 0 Å². The average molecular weight is 285 g/mol. The molecule has 16 heavy (non-hydrogen) atoms. The van der Waals surface area contributed by atoms with Gasteiger partial charge in [-0.3, -0.25) is 4.98 Å². The van der Waals surface area contributed by atoms with Crippen molar-refractivity contribution in [1.82, 2.24) is 19.2 Å². The Kier molecular flexibility index (Phi) is 3.71. The van der Waals surface area contributed by atoms with Crippen molar-refractivity contribution in [3.63, 3.8) is 0 Å². The van der Waals surface area contributed by atoms with Crippen molar-refractivity contribution in [2.75, 3.05) is 5.33 Å². The molecule has 0 radical (unpaired) electrons. The van der Waals surface area contributed by atoms with E-state index < -0.39 is 0 Å². The number of unbranched alkanes of at least 4 members (excludes halogenated alkanes) is 2. The number of alkyl halides is 1. The van der Waals surface area contributed by atoms with E-state index in [1.165, 1.54) is 9.08 Å². The Labute approximate surface area is 101 Å². The van der Waals surface area contributed by atoms with Gasteiger partial charge in [0.05, 0.1) is 6.20 Å². The van der Waals surface area contributed by atoms with Gasteiger partial charge in [0, 0.05) is 24.3 Å². The number of aryl methyl sites for hydroxylation is 1. The third kappa shape index (κ3) is 2.32. The topological polar surface area (TPSA) is 52.2 Å². The molecule has 2 rings (SSSR count). The third-order valence-corrected chi connectivity index (χ3v) is 2.95. The van der Waals surface area contributed by atoms with Crippen LogP contribution < -0.4 is 5.69 Å². The fraction of sp³-hybridized carbons (Fsp3) is 0.500. The minimum atomic E-state index is -0.0868. The van der Waals surface area contributed by atoms with Gasteiger partial charge in [-0.05, 0) is 12.8 Å². The first kappa shape index (κ1) is 11.3. The summed E-state index contributed by atoms with van der Waals surface area (Å²) in [5, 5.41) is 5.21. The van der Waals surface area contributed by atoms with Gasteiger partial charge in [0.25, 0.3) is 0 Å². The molecule has 0 unspecified atom stereocenters. The van der Waals surface area contributed by atoms with E-state index in [4.69, 9.17) is 0 Å². The highest BCUT2D eigenvalue weighted by molar-refractivity contribution is 9.09. The molecule has 2 aromatic rings. The second-order valence-electron chi connectivity index (χ2n) is 3.56. The molecular weight excluding hydrogens is 272 g/mol. The third-order valence-electron chi connectivity index (χ3n) is 2.39. The highest BCUT2D eigenvalue weighted by atomic mass is 79.9. The van der Waals surface area contributed by atoms with Gasteiger partial charge in [0.1, 0.15) is 0 Å². The molecule has 0 N–H and O–H groups in total. The normalized spacial score (nSPS) is 11.1. The van der Waals surface area contributed by atoms with Crippen molar-refractivity contribution in [1.29, 1.82) is 0 Å². The van der Waals surface area contributed by atoms with Gasteiger partial charge in [-0.15, -0.1) is 5.10 Å². The summed E-state index contributed by atoms with van der Waals surface area (Å²) in [6.07, 6.45) is 8.03. The van der Waals surface area contributed by atoms with Gasteiger partial charge in [-0.2, -0.15) is 0 Å². The first-order valence-corrected chi connectivity index (χ1v) is 6.40. The molecular formula is C10H13BrN4O. The highest BCUT2D eigenvalue weighted by Crippen LogP contribution is 2.00. The second-order valence-corrected chi connectivity index (χ2v) is 4.35. The van der Waals surface area contributed by atoms with E-state index in [2.05, 4.69) is 26.0 Å². The molecule has 0 bridgehead atoms. The molecule has 2 heterocycles. The van der Waals surface area contributed by atoms with Crippen LogP contribution in [0.15, 0.2) is 23.4 Å². The maximum Gasteiger partial charge on any atom is 0.350 e. The zero-order valence-corrected chi connectivity index (χ0v) is 10.4. The Hall–Kier alpha value is -1.17. The van der Waals surface area contributed by atoms with E-state index >= 15 is 0 Å². The zero-order valence-electron chi connectivity index (χ0n) is 8.84. The summed E-state index contributed by atoms with van der Waals surface area (Å²) in [5.74, 6) is 0. The van der Waals surface area contributed by atoms with Crippen LogP contribution in [-0.4, -0.2) is 24.5 Å². The van der Waals surface area contributed by atoms with E-state index in [-0.39, 0.29) is 5.69 Å². The van der Waals surface area contributed by atoms with Crippen molar-refractivity contribution in [3.8, 4) is 0 Å².